The Morgan fingerprint density at radius 1 is 1.06 bits per heavy atom. The number of carbonyl (C=O) groups excluding carboxylic acids is 1. The summed E-state index contributed by atoms with van der Waals surface area (Å²) in [5.74, 6) is 1.88. The first-order valence-electron chi connectivity index (χ1n) is 11.7. The van der Waals surface area contributed by atoms with Crippen LogP contribution in [-0.2, 0) is 10.2 Å². The van der Waals surface area contributed by atoms with E-state index in [9.17, 15) is 9.59 Å². The quantitative estimate of drug-likeness (QED) is 0.362. The summed E-state index contributed by atoms with van der Waals surface area (Å²) in [6, 6.07) is 12.7. The molecule has 4 aliphatic carbocycles. The van der Waals surface area contributed by atoms with Crippen molar-refractivity contribution < 1.29 is 19.4 Å². The number of halogens is 1. The van der Waals surface area contributed by atoms with Crippen LogP contribution in [0.1, 0.15) is 49.7 Å². The number of carbonyl (C=O) groups is 2. The number of urea groups is 1. The van der Waals surface area contributed by atoms with Crippen LogP contribution in [0, 0.1) is 17.8 Å². The molecule has 8 heteroatoms. The minimum absolute atomic E-state index is 0.258. The number of aliphatic carboxylic acids is 1. The Morgan fingerprint density at radius 3 is 2.29 bits per heavy atom. The molecule has 0 aliphatic heterocycles. The fourth-order valence-corrected chi connectivity index (χ4v) is 6.79. The van der Waals surface area contributed by atoms with Gasteiger partial charge in [-0.25, -0.2) is 15.0 Å². The first-order valence-corrected chi connectivity index (χ1v) is 12.1. The van der Waals surface area contributed by atoms with Crippen LogP contribution in [0.5, 0.6) is 5.75 Å². The third-order valence-corrected chi connectivity index (χ3v) is 7.78. The largest absolute Gasteiger partial charge is 0.480 e. The molecule has 4 bridgehead atoms. The van der Waals surface area contributed by atoms with Crippen molar-refractivity contribution in [2.75, 3.05) is 11.9 Å². The molecule has 4 fully saturated rings. The molecule has 6 rings (SSSR count). The van der Waals surface area contributed by atoms with E-state index in [0.717, 1.165) is 23.4 Å². The van der Waals surface area contributed by atoms with Gasteiger partial charge in [-0.2, -0.15) is 5.10 Å². The molecule has 7 nitrogen and oxygen atoms in total. The van der Waals surface area contributed by atoms with E-state index in [1.807, 2.05) is 12.1 Å². The van der Waals surface area contributed by atoms with Gasteiger partial charge in [0.25, 0.3) is 0 Å². The predicted octanol–water partition coefficient (Wildman–Crippen LogP) is 5.43. The molecule has 0 spiro atoms. The van der Waals surface area contributed by atoms with Gasteiger partial charge in [-0.15, -0.1) is 0 Å². The highest BCUT2D eigenvalue weighted by Crippen LogP contribution is 2.60. The molecule has 0 saturated heterocycles. The smallest absolute Gasteiger partial charge is 0.341 e. The average Bonchev–Trinajstić information content (AvgIpc) is 2.78. The van der Waals surface area contributed by atoms with Gasteiger partial charge in [0.1, 0.15) is 5.75 Å². The molecular formula is C26H28ClN3O4. The molecule has 0 radical (unpaired) electrons. The number of hydrazone groups is 1. The van der Waals surface area contributed by atoms with Gasteiger partial charge in [0, 0.05) is 5.69 Å². The lowest BCUT2D eigenvalue weighted by atomic mass is 9.48. The number of hydrogen-bond donors (Lipinski definition) is 3. The minimum atomic E-state index is -1.08. The molecule has 2 amide bonds. The van der Waals surface area contributed by atoms with Crippen molar-refractivity contribution in [3.63, 3.8) is 0 Å². The number of nitrogens with one attached hydrogen (secondary N) is 2. The van der Waals surface area contributed by atoms with Crippen molar-refractivity contribution in [2.24, 2.45) is 22.9 Å². The van der Waals surface area contributed by atoms with E-state index in [0.29, 0.717) is 11.0 Å². The number of carboxylic acids is 1. The normalized spacial score (nSPS) is 27.0. The number of rotatable bonds is 7. The second-order valence-electron chi connectivity index (χ2n) is 9.97. The SMILES string of the molecule is O=C(O)COc1ccc(/C=N/NC(=O)Nc2ccc(C34CC5CC(CC(C5)C3)C4)cc2)cc1Cl. The summed E-state index contributed by atoms with van der Waals surface area (Å²) in [4.78, 5) is 22.8. The number of ether oxygens (including phenoxy) is 1. The van der Waals surface area contributed by atoms with Crippen LogP contribution < -0.4 is 15.5 Å². The minimum Gasteiger partial charge on any atom is -0.480 e. The van der Waals surface area contributed by atoms with E-state index in [-0.39, 0.29) is 10.8 Å². The molecule has 34 heavy (non-hydrogen) atoms. The Hall–Kier alpha value is -3.06. The second kappa shape index (κ2) is 9.29. The number of benzene rings is 2. The van der Waals surface area contributed by atoms with E-state index in [4.69, 9.17) is 21.4 Å². The number of carboxylic acid groups (broad SMARTS) is 1. The van der Waals surface area contributed by atoms with Crippen molar-refractivity contribution >= 4 is 35.5 Å². The van der Waals surface area contributed by atoms with Crippen LogP contribution in [0.25, 0.3) is 0 Å². The molecule has 3 N–H and O–H groups in total. The lowest BCUT2D eigenvalue weighted by Crippen LogP contribution is -2.48. The molecule has 4 aliphatic rings. The van der Waals surface area contributed by atoms with Crippen molar-refractivity contribution in [2.45, 2.75) is 43.9 Å². The number of nitrogens with zero attached hydrogens (tertiary/aromatic N) is 1. The number of hydrogen-bond acceptors (Lipinski definition) is 4. The highest BCUT2D eigenvalue weighted by atomic mass is 35.5. The van der Waals surface area contributed by atoms with Gasteiger partial charge in [-0.1, -0.05) is 23.7 Å². The first kappa shape index (κ1) is 22.7. The Morgan fingerprint density at radius 2 is 1.71 bits per heavy atom. The Balaban J connectivity index is 1.15. The third kappa shape index (κ3) is 4.89. The van der Waals surface area contributed by atoms with Crippen LogP contribution in [0.4, 0.5) is 10.5 Å². The summed E-state index contributed by atoms with van der Waals surface area (Å²) in [6.07, 6.45) is 9.67. The lowest BCUT2D eigenvalue weighted by Gasteiger charge is -2.57. The molecule has 0 atom stereocenters. The molecule has 0 unspecified atom stereocenters. The fraction of sp³-hybridized carbons (Fsp3) is 0.423. The van der Waals surface area contributed by atoms with Crippen molar-refractivity contribution in [3.05, 3.63) is 58.6 Å². The van der Waals surface area contributed by atoms with Crippen LogP contribution in [-0.4, -0.2) is 29.9 Å². The lowest BCUT2D eigenvalue weighted by molar-refractivity contribution is -0.139. The topological polar surface area (TPSA) is 100 Å². The summed E-state index contributed by atoms with van der Waals surface area (Å²) in [6.45, 7) is -0.474. The Bertz CT molecular complexity index is 1080. The molecule has 2 aromatic rings. The summed E-state index contributed by atoms with van der Waals surface area (Å²) >= 11 is 6.09. The average molecular weight is 482 g/mol. The Labute approximate surface area is 203 Å². The monoisotopic (exact) mass is 481 g/mol. The van der Waals surface area contributed by atoms with Gasteiger partial charge < -0.3 is 15.2 Å². The van der Waals surface area contributed by atoms with Gasteiger partial charge >= 0.3 is 12.0 Å². The fourth-order valence-electron chi connectivity index (χ4n) is 6.55. The highest BCUT2D eigenvalue weighted by molar-refractivity contribution is 6.32. The second-order valence-corrected chi connectivity index (χ2v) is 10.4. The van der Waals surface area contributed by atoms with E-state index in [1.54, 1.807) is 18.2 Å². The van der Waals surface area contributed by atoms with Crippen LogP contribution in [0.3, 0.4) is 0 Å². The van der Waals surface area contributed by atoms with E-state index < -0.39 is 18.6 Å². The van der Waals surface area contributed by atoms with Crippen LogP contribution in [0.2, 0.25) is 5.02 Å². The van der Waals surface area contributed by atoms with Gasteiger partial charge in [0.05, 0.1) is 11.2 Å². The van der Waals surface area contributed by atoms with Gasteiger partial charge in [0.15, 0.2) is 6.61 Å². The molecule has 4 saturated carbocycles. The van der Waals surface area contributed by atoms with Crippen molar-refractivity contribution in [1.29, 1.82) is 0 Å². The summed E-state index contributed by atoms with van der Waals surface area (Å²) in [5, 5.41) is 15.7. The highest BCUT2D eigenvalue weighted by Gasteiger charge is 2.51. The predicted molar refractivity (Wildman–Crippen MR) is 131 cm³/mol. The van der Waals surface area contributed by atoms with E-state index >= 15 is 0 Å². The summed E-state index contributed by atoms with van der Waals surface area (Å²) < 4.78 is 5.08. The molecule has 0 aromatic heterocycles. The zero-order valence-corrected chi connectivity index (χ0v) is 19.6. The maximum absolute atomic E-state index is 12.2. The van der Waals surface area contributed by atoms with Gasteiger partial charge in [-0.3, -0.25) is 0 Å². The van der Waals surface area contributed by atoms with Crippen LogP contribution >= 0.6 is 11.6 Å². The zero-order valence-electron chi connectivity index (χ0n) is 18.8. The summed E-state index contributed by atoms with van der Waals surface area (Å²) in [5.41, 5.74) is 5.56. The maximum atomic E-state index is 12.2. The third-order valence-electron chi connectivity index (χ3n) is 7.48. The van der Waals surface area contributed by atoms with Crippen LogP contribution in [0.15, 0.2) is 47.6 Å². The summed E-state index contributed by atoms with van der Waals surface area (Å²) in [7, 11) is 0. The van der Waals surface area contributed by atoms with Crippen molar-refractivity contribution in [1.82, 2.24) is 5.43 Å². The number of anilines is 1. The maximum Gasteiger partial charge on any atom is 0.341 e. The van der Waals surface area contributed by atoms with Crippen molar-refractivity contribution in [3.8, 4) is 5.75 Å². The van der Waals surface area contributed by atoms with E-state index in [1.165, 1.54) is 50.3 Å². The Kier molecular flexibility index (Phi) is 6.21. The first-order chi connectivity index (χ1) is 16.4. The van der Waals surface area contributed by atoms with Gasteiger partial charge in [-0.05, 0) is 103 Å². The molecular weight excluding hydrogens is 454 g/mol. The standard InChI is InChI=1S/C26H28ClN3O4/c27-22-10-16(1-6-23(22)34-15-24(31)32)14-28-30-25(33)29-21-4-2-20(3-5-21)26-11-17-7-18(12-26)9-19(8-17)13-26/h1-6,10,14,17-19H,7-9,11-13,15H2,(H,31,32)(H2,29,30,33)/b28-14+. The van der Waals surface area contributed by atoms with E-state index in [2.05, 4.69) is 28.0 Å². The van der Waals surface area contributed by atoms with Gasteiger partial charge in [0.2, 0.25) is 0 Å². The molecule has 0 heterocycles. The molecule has 178 valence electrons. The zero-order chi connectivity index (χ0) is 23.7. The molecule has 2 aromatic carbocycles. The number of amides is 2.